The van der Waals surface area contributed by atoms with Crippen LogP contribution in [0, 0.1) is 23.0 Å². The van der Waals surface area contributed by atoms with E-state index in [0.717, 1.165) is 18.2 Å². The van der Waals surface area contributed by atoms with Crippen molar-refractivity contribution in [3.8, 4) is 11.8 Å². The van der Waals surface area contributed by atoms with Gasteiger partial charge in [-0.1, -0.05) is 0 Å². The third-order valence-electron chi connectivity index (χ3n) is 2.11. The molecule has 0 saturated heterocycles. The lowest BCUT2D eigenvalue weighted by Crippen LogP contribution is -1.98. The summed E-state index contributed by atoms with van der Waals surface area (Å²) in [5, 5.41) is 14.8. The van der Waals surface area contributed by atoms with Gasteiger partial charge < -0.3 is 4.74 Å². The molecule has 17 heavy (non-hydrogen) atoms. The Kier molecular flexibility index (Phi) is 3.01. The maximum atomic E-state index is 13.2. The molecule has 0 bridgehead atoms. The number of benzene rings is 1. The molecule has 0 fully saturated rings. The molecular formula is C11H7F2N3O. The van der Waals surface area contributed by atoms with Crippen LogP contribution in [-0.2, 0) is 6.61 Å². The topological polar surface area (TPSA) is 61.7 Å². The highest BCUT2D eigenvalue weighted by molar-refractivity contribution is 5.29. The molecule has 0 atom stereocenters. The van der Waals surface area contributed by atoms with Gasteiger partial charge in [0.2, 0.25) is 0 Å². The lowest BCUT2D eigenvalue weighted by atomic mass is 10.3. The summed E-state index contributed by atoms with van der Waals surface area (Å²) in [6, 6.07) is 4.80. The van der Waals surface area contributed by atoms with E-state index in [2.05, 4.69) is 10.2 Å². The smallest absolute Gasteiger partial charge is 0.165 e. The molecule has 1 N–H and O–H groups in total. The van der Waals surface area contributed by atoms with Crippen LogP contribution in [0.1, 0.15) is 11.3 Å². The maximum absolute atomic E-state index is 13.2. The number of hydrogen-bond donors (Lipinski definition) is 1. The molecule has 86 valence electrons. The second-order valence-electron chi connectivity index (χ2n) is 3.25. The summed E-state index contributed by atoms with van der Waals surface area (Å²) in [5.41, 5.74) is 0.720. The first-order valence-corrected chi connectivity index (χ1v) is 4.71. The van der Waals surface area contributed by atoms with Crippen molar-refractivity contribution in [1.29, 1.82) is 5.26 Å². The van der Waals surface area contributed by atoms with Crippen LogP contribution in [0.2, 0.25) is 0 Å². The molecule has 0 radical (unpaired) electrons. The number of nitrogens with one attached hydrogen (secondary N) is 1. The van der Waals surface area contributed by atoms with Crippen molar-refractivity contribution in [3.63, 3.8) is 0 Å². The Hall–Kier alpha value is -2.42. The predicted molar refractivity (Wildman–Crippen MR) is 54.0 cm³/mol. The number of rotatable bonds is 3. The van der Waals surface area contributed by atoms with Crippen LogP contribution in [0.5, 0.6) is 5.75 Å². The fraction of sp³-hybridized carbons (Fsp3) is 0.0909. The van der Waals surface area contributed by atoms with Crippen LogP contribution >= 0.6 is 0 Å². The molecule has 0 aliphatic heterocycles. The van der Waals surface area contributed by atoms with Crippen molar-refractivity contribution in [2.24, 2.45) is 0 Å². The molecule has 0 amide bonds. The maximum Gasteiger partial charge on any atom is 0.165 e. The number of aromatic nitrogens is 2. The van der Waals surface area contributed by atoms with E-state index in [4.69, 9.17) is 10.00 Å². The van der Waals surface area contributed by atoms with Gasteiger partial charge in [0.1, 0.15) is 24.2 Å². The van der Waals surface area contributed by atoms with Gasteiger partial charge >= 0.3 is 0 Å². The molecule has 4 nitrogen and oxygen atoms in total. The van der Waals surface area contributed by atoms with Gasteiger partial charge in [-0.25, -0.2) is 8.78 Å². The van der Waals surface area contributed by atoms with Gasteiger partial charge in [-0.3, -0.25) is 5.10 Å². The van der Waals surface area contributed by atoms with Gasteiger partial charge in [0.15, 0.2) is 11.6 Å². The fourth-order valence-corrected chi connectivity index (χ4v) is 1.26. The minimum Gasteiger partial charge on any atom is -0.486 e. The molecule has 2 aromatic rings. The Bertz CT molecular complexity index is 574. The van der Waals surface area contributed by atoms with Gasteiger partial charge in [-0.2, -0.15) is 10.4 Å². The Morgan fingerprint density at radius 3 is 3.00 bits per heavy atom. The minimum absolute atomic E-state index is 0.0558. The van der Waals surface area contributed by atoms with Crippen molar-refractivity contribution >= 4 is 0 Å². The van der Waals surface area contributed by atoms with Crippen LogP contribution in [0.4, 0.5) is 8.78 Å². The van der Waals surface area contributed by atoms with E-state index >= 15 is 0 Å². The van der Waals surface area contributed by atoms with Crippen LogP contribution in [-0.4, -0.2) is 10.2 Å². The Labute approximate surface area is 95.5 Å². The first-order chi connectivity index (χ1) is 8.20. The fourth-order valence-electron chi connectivity index (χ4n) is 1.26. The van der Waals surface area contributed by atoms with Gasteiger partial charge in [0.25, 0.3) is 0 Å². The summed E-state index contributed by atoms with van der Waals surface area (Å²) in [4.78, 5) is 0. The van der Waals surface area contributed by atoms with Crippen molar-refractivity contribution in [2.75, 3.05) is 0 Å². The number of nitriles is 1. The van der Waals surface area contributed by atoms with Crippen molar-refractivity contribution in [2.45, 2.75) is 6.61 Å². The minimum atomic E-state index is -0.659. The van der Waals surface area contributed by atoms with E-state index in [9.17, 15) is 8.78 Å². The summed E-state index contributed by atoms with van der Waals surface area (Å²) in [6.45, 7) is -0.0558. The predicted octanol–water partition coefficient (Wildman–Crippen LogP) is 2.14. The van der Waals surface area contributed by atoms with E-state index < -0.39 is 11.6 Å². The van der Waals surface area contributed by atoms with Crippen LogP contribution < -0.4 is 4.74 Å². The van der Waals surface area contributed by atoms with Gasteiger partial charge in [0.05, 0.1) is 6.20 Å². The third-order valence-corrected chi connectivity index (χ3v) is 2.11. The summed E-state index contributed by atoms with van der Waals surface area (Å²) >= 11 is 0. The molecular weight excluding hydrogens is 228 g/mol. The van der Waals surface area contributed by atoms with Crippen molar-refractivity contribution in [3.05, 3.63) is 47.3 Å². The Balaban J connectivity index is 2.13. The highest BCUT2D eigenvalue weighted by atomic mass is 19.1. The van der Waals surface area contributed by atoms with Crippen LogP contribution in [0.15, 0.2) is 24.4 Å². The largest absolute Gasteiger partial charge is 0.486 e. The zero-order valence-electron chi connectivity index (χ0n) is 8.58. The monoisotopic (exact) mass is 235 g/mol. The van der Waals surface area contributed by atoms with Gasteiger partial charge in [0, 0.05) is 11.6 Å². The number of nitrogens with zero attached hydrogens (tertiary/aromatic N) is 2. The second-order valence-corrected chi connectivity index (χ2v) is 3.25. The lowest BCUT2D eigenvalue weighted by molar-refractivity contribution is 0.288. The van der Waals surface area contributed by atoms with Crippen LogP contribution in [0.25, 0.3) is 0 Å². The number of ether oxygens (including phenoxy) is 1. The van der Waals surface area contributed by atoms with E-state index in [1.807, 2.05) is 6.07 Å². The quantitative estimate of drug-likeness (QED) is 0.886. The zero-order chi connectivity index (χ0) is 12.3. The highest BCUT2D eigenvalue weighted by Gasteiger charge is 2.08. The zero-order valence-corrected chi connectivity index (χ0v) is 8.58. The van der Waals surface area contributed by atoms with Crippen molar-refractivity contribution in [1.82, 2.24) is 10.2 Å². The van der Waals surface area contributed by atoms with E-state index in [1.165, 1.54) is 6.20 Å². The number of aromatic amines is 1. The summed E-state index contributed by atoms with van der Waals surface area (Å²) in [5.74, 6) is -1.45. The second kappa shape index (κ2) is 4.61. The molecule has 0 aliphatic carbocycles. The lowest BCUT2D eigenvalue weighted by Gasteiger charge is -2.05. The summed E-state index contributed by atoms with van der Waals surface area (Å²) < 4.78 is 31.1. The molecule has 0 spiro atoms. The molecule has 0 unspecified atom stereocenters. The summed E-state index contributed by atoms with van der Waals surface area (Å²) in [6.07, 6.45) is 1.40. The van der Waals surface area contributed by atoms with E-state index in [0.29, 0.717) is 5.56 Å². The average molecular weight is 235 g/mol. The van der Waals surface area contributed by atoms with Crippen LogP contribution in [0.3, 0.4) is 0 Å². The molecule has 2 rings (SSSR count). The normalized spacial score (nSPS) is 9.94. The van der Waals surface area contributed by atoms with Gasteiger partial charge in [-0.15, -0.1) is 0 Å². The standard InChI is InChI=1S/C11H7F2N3O/c12-8-1-2-9(13)11(3-8)17-6-7-5-15-16-10(7)4-14/h1-3,5H,6H2,(H,15,16). The van der Waals surface area contributed by atoms with Crippen molar-refractivity contribution < 1.29 is 13.5 Å². The first-order valence-electron chi connectivity index (χ1n) is 4.71. The average Bonchev–Trinajstić information content (AvgIpc) is 2.77. The molecule has 6 heteroatoms. The molecule has 0 saturated carbocycles. The first kappa shape index (κ1) is 11.1. The summed E-state index contributed by atoms with van der Waals surface area (Å²) in [7, 11) is 0. The number of hydrogen-bond acceptors (Lipinski definition) is 3. The number of halogens is 2. The van der Waals surface area contributed by atoms with E-state index in [1.54, 1.807) is 0 Å². The Morgan fingerprint density at radius 1 is 1.41 bits per heavy atom. The molecule has 1 aromatic heterocycles. The third kappa shape index (κ3) is 2.39. The van der Waals surface area contributed by atoms with E-state index in [-0.39, 0.29) is 18.1 Å². The Morgan fingerprint density at radius 2 is 2.24 bits per heavy atom. The molecule has 0 aliphatic rings. The highest BCUT2D eigenvalue weighted by Crippen LogP contribution is 2.19. The molecule has 1 aromatic carbocycles. The van der Waals surface area contributed by atoms with Gasteiger partial charge in [-0.05, 0) is 12.1 Å². The SMILES string of the molecule is N#Cc1[nH]ncc1COc1cc(F)ccc1F. The number of H-pyrrole nitrogens is 1. The molecule has 1 heterocycles.